The van der Waals surface area contributed by atoms with Gasteiger partial charge < -0.3 is 9.47 Å². The van der Waals surface area contributed by atoms with Crippen LogP contribution in [0.25, 0.3) is 0 Å². The molecule has 2 nitrogen and oxygen atoms in total. The number of hydrogen-bond acceptors (Lipinski definition) is 2. The van der Waals surface area contributed by atoms with E-state index >= 15 is 0 Å². The highest BCUT2D eigenvalue weighted by Crippen LogP contribution is 2.29. The van der Waals surface area contributed by atoms with Gasteiger partial charge in [-0.25, -0.2) is 0 Å². The topological polar surface area (TPSA) is 18.5 Å². The summed E-state index contributed by atoms with van der Waals surface area (Å²) in [6, 6.07) is 0. The van der Waals surface area contributed by atoms with Crippen LogP contribution >= 0.6 is 0 Å². The second-order valence-corrected chi connectivity index (χ2v) is 3.52. The first-order valence-corrected chi connectivity index (χ1v) is 4.34. The summed E-state index contributed by atoms with van der Waals surface area (Å²) in [6.07, 6.45) is 0. The molecule has 2 fully saturated rings. The molecule has 0 spiro atoms. The van der Waals surface area contributed by atoms with Crippen LogP contribution in [-0.2, 0) is 9.47 Å². The smallest absolute Gasteiger partial charge is 0.0725 e. The molecule has 2 aliphatic rings. The van der Waals surface area contributed by atoms with E-state index < -0.39 is 0 Å². The molecule has 0 aromatic rings. The zero-order chi connectivity index (χ0) is 8.55. The zero-order valence-corrected chi connectivity index (χ0v) is 7.43. The predicted octanol–water partition coefficient (Wildman–Crippen LogP) is 1.54. The molecular weight excluding hydrogens is 152 g/mol. The van der Waals surface area contributed by atoms with E-state index in [0.29, 0.717) is 12.5 Å². The van der Waals surface area contributed by atoms with Crippen molar-refractivity contribution in [1.82, 2.24) is 0 Å². The van der Waals surface area contributed by atoms with E-state index in [-0.39, 0.29) is 0 Å². The van der Waals surface area contributed by atoms with Gasteiger partial charge in [-0.1, -0.05) is 13.5 Å². The number of rotatable bonds is 0. The van der Waals surface area contributed by atoms with Crippen molar-refractivity contribution < 1.29 is 9.47 Å². The van der Waals surface area contributed by atoms with E-state index in [4.69, 9.17) is 9.47 Å². The van der Waals surface area contributed by atoms with Gasteiger partial charge in [0.15, 0.2) is 0 Å². The van der Waals surface area contributed by atoms with Gasteiger partial charge in [-0.05, 0) is 16.7 Å². The standard InChI is InChI=1S/C10H14O2/c1-7-3-11-5-9(7)10-6-12-4-8(10)2/h8H,1,3-6H2,2H3/b10-9-. The Morgan fingerprint density at radius 2 is 2.08 bits per heavy atom. The molecule has 2 saturated heterocycles. The fourth-order valence-corrected chi connectivity index (χ4v) is 1.76. The van der Waals surface area contributed by atoms with Gasteiger partial charge in [0.1, 0.15) is 0 Å². The first-order valence-electron chi connectivity index (χ1n) is 4.34. The lowest BCUT2D eigenvalue weighted by atomic mass is 9.96. The van der Waals surface area contributed by atoms with Crippen molar-refractivity contribution >= 4 is 0 Å². The summed E-state index contributed by atoms with van der Waals surface area (Å²) in [7, 11) is 0. The predicted molar refractivity (Wildman–Crippen MR) is 47.0 cm³/mol. The second-order valence-electron chi connectivity index (χ2n) is 3.52. The molecule has 2 rings (SSSR count). The Hall–Kier alpha value is -0.600. The highest BCUT2D eigenvalue weighted by molar-refractivity contribution is 5.39. The molecule has 1 unspecified atom stereocenters. The molecule has 0 aromatic heterocycles. The molecule has 0 N–H and O–H groups in total. The van der Waals surface area contributed by atoms with E-state index in [9.17, 15) is 0 Å². The maximum absolute atomic E-state index is 5.38. The fourth-order valence-electron chi connectivity index (χ4n) is 1.76. The molecule has 0 bridgehead atoms. The third kappa shape index (κ3) is 1.21. The van der Waals surface area contributed by atoms with Crippen molar-refractivity contribution in [2.75, 3.05) is 26.4 Å². The average molecular weight is 166 g/mol. The first kappa shape index (κ1) is 8.02. The van der Waals surface area contributed by atoms with Crippen LogP contribution in [0.1, 0.15) is 6.92 Å². The van der Waals surface area contributed by atoms with Crippen LogP contribution in [0.2, 0.25) is 0 Å². The van der Waals surface area contributed by atoms with Crippen molar-refractivity contribution in [2.24, 2.45) is 5.92 Å². The van der Waals surface area contributed by atoms with E-state index in [1.807, 2.05) is 0 Å². The van der Waals surface area contributed by atoms with Gasteiger partial charge in [0, 0.05) is 5.92 Å². The third-order valence-corrected chi connectivity index (χ3v) is 2.56. The van der Waals surface area contributed by atoms with E-state index in [1.165, 1.54) is 11.1 Å². The SMILES string of the molecule is C=C1COC/C1=C1\COCC1C. The summed E-state index contributed by atoms with van der Waals surface area (Å²) in [5.41, 5.74) is 3.85. The second kappa shape index (κ2) is 3.04. The molecule has 0 aliphatic carbocycles. The van der Waals surface area contributed by atoms with Gasteiger partial charge in [-0.2, -0.15) is 0 Å². The van der Waals surface area contributed by atoms with Crippen LogP contribution in [-0.4, -0.2) is 26.4 Å². The zero-order valence-electron chi connectivity index (χ0n) is 7.43. The Morgan fingerprint density at radius 3 is 2.58 bits per heavy atom. The Morgan fingerprint density at radius 1 is 1.25 bits per heavy atom. The summed E-state index contributed by atoms with van der Waals surface area (Å²) in [4.78, 5) is 0. The van der Waals surface area contributed by atoms with Gasteiger partial charge in [0.25, 0.3) is 0 Å². The molecule has 0 amide bonds. The fraction of sp³-hybridized carbons (Fsp3) is 0.600. The Labute approximate surface area is 72.9 Å². The van der Waals surface area contributed by atoms with Gasteiger partial charge >= 0.3 is 0 Å². The van der Waals surface area contributed by atoms with Gasteiger partial charge in [-0.15, -0.1) is 0 Å². The van der Waals surface area contributed by atoms with Crippen molar-refractivity contribution in [3.8, 4) is 0 Å². The van der Waals surface area contributed by atoms with Crippen LogP contribution in [0.3, 0.4) is 0 Å². The van der Waals surface area contributed by atoms with Crippen LogP contribution in [0.15, 0.2) is 23.3 Å². The molecule has 12 heavy (non-hydrogen) atoms. The van der Waals surface area contributed by atoms with Crippen molar-refractivity contribution in [3.63, 3.8) is 0 Å². The van der Waals surface area contributed by atoms with Crippen molar-refractivity contribution in [2.45, 2.75) is 6.92 Å². The van der Waals surface area contributed by atoms with Gasteiger partial charge in [0.2, 0.25) is 0 Å². The van der Waals surface area contributed by atoms with Crippen LogP contribution < -0.4 is 0 Å². The maximum Gasteiger partial charge on any atom is 0.0725 e. The molecule has 2 heterocycles. The van der Waals surface area contributed by atoms with E-state index in [1.54, 1.807) is 0 Å². The summed E-state index contributed by atoms with van der Waals surface area (Å²) in [5, 5.41) is 0. The minimum Gasteiger partial charge on any atom is -0.376 e. The summed E-state index contributed by atoms with van der Waals surface area (Å²) in [6.45, 7) is 9.24. The first-order chi connectivity index (χ1) is 5.79. The molecule has 2 aliphatic heterocycles. The summed E-state index contributed by atoms with van der Waals surface area (Å²) in [5.74, 6) is 0.554. The van der Waals surface area contributed by atoms with Gasteiger partial charge in [-0.3, -0.25) is 0 Å². The lowest BCUT2D eigenvalue weighted by molar-refractivity contribution is 0.191. The minimum atomic E-state index is 0.554. The van der Waals surface area contributed by atoms with Crippen LogP contribution in [0.4, 0.5) is 0 Å². The highest BCUT2D eigenvalue weighted by atomic mass is 16.5. The normalized spacial score (nSPS) is 36.4. The van der Waals surface area contributed by atoms with Crippen molar-refractivity contribution in [3.05, 3.63) is 23.3 Å². The minimum absolute atomic E-state index is 0.554. The monoisotopic (exact) mass is 166 g/mol. The third-order valence-electron chi connectivity index (χ3n) is 2.56. The molecular formula is C10H14O2. The quantitative estimate of drug-likeness (QED) is 0.543. The van der Waals surface area contributed by atoms with Crippen molar-refractivity contribution in [1.29, 1.82) is 0 Å². The van der Waals surface area contributed by atoms with E-state index in [0.717, 1.165) is 25.4 Å². The van der Waals surface area contributed by atoms with Gasteiger partial charge in [0.05, 0.1) is 26.4 Å². The van der Waals surface area contributed by atoms with Crippen LogP contribution in [0.5, 0.6) is 0 Å². The Kier molecular flexibility index (Phi) is 2.03. The lowest BCUT2D eigenvalue weighted by Crippen LogP contribution is -2.01. The Bertz CT molecular complexity index is 240. The Balaban J connectivity index is 2.28. The molecule has 2 heteroatoms. The highest BCUT2D eigenvalue weighted by Gasteiger charge is 2.24. The molecule has 0 saturated carbocycles. The molecule has 1 atom stereocenters. The number of hydrogen-bond donors (Lipinski definition) is 0. The largest absolute Gasteiger partial charge is 0.376 e. The molecule has 66 valence electrons. The van der Waals surface area contributed by atoms with Crippen LogP contribution in [0, 0.1) is 5.92 Å². The summed E-state index contributed by atoms with van der Waals surface area (Å²) >= 11 is 0. The molecule has 0 aromatic carbocycles. The molecule has 0 radical (unpaired) electrons. The summed E-state index contributed by atoms with van der Waals surface area (Å²) < 4.78 is 10.7. The van der Waals surface area contributed by atoms with E-state index in [2.05, 4.69) is 13.5 Å². The lowest BCUT2D eigenvalue weighted by Gasteiger charge is -2.06. The average Bonchev–Trinajstić information content (AvgIpc) is 2.59. The maximum atomic E-state index is 5.38. The number of ether oxygens (including phenoxy) is 2.